The zero-order valence-electron chi connectivity index (χ0n) is 17.2. The van der Waals surface area contributed by atoms with Crippen LogP contribution in [0.15, 0.2) is 121 Å². The molecule has 3 nitrogen and oxygen atoms in total. The van der Waals surface area contributed by atoms with Crippen molar-refractivity contribution in [1.82, 2.24) is 4.68 Å². The number of halogens is 3. The Kier molecular flexibility index (Phi) is 9.77. The molecular weight excluding hydrogens is 542 g/mol. The van der Waals surface area contributed by atoms with E-state index in [1.165, 1.54) is 0 Å². The van der Waals surface area contributed by atoms with Crippen LogP contribution in [-0.2, 0) is 23.8 Å². The molecule has 163 valence electrons. The van der Waals surface area contributed by atoms with Crippen LogP contribution in [-0.4, -0.2) is 15.5 Å². The minimum atomic E-state index is -2.13. The van der Waals surface area contributed by atoms with E-state index >= 15 is 0 Å². The summed E-state index contributed by atoms with van der Waals surface area (Å²) in [6.45, 7) is 0. The van der Waals surface area contributed by atoms with Crippen LogP contribution in [0.2, 0.25) is 0 Å². The molecule has 7 heteroatoms. The first-order chi connectivity index (χ1) is 15.5. The Bertz CT molecular complexity index is 1050. The third kappa shape index (κ3) is 7.17. The van der Waals surface area contributed by atoms with E-state index in [4.69, 9.17) is 30.6 Å². The predicted octanol–water partition coefficient (Wildman–Crippen LogP) is 7.13. The molecule has 32 heavy (non-hydrogen) atoms. The summed E-state index contributed by atoms with van der Waals surface area (Å²) in [5.74, 6) is 0. The van der Waals surface area contributed by atoms with Gasteiger partial charge in [-0.05, 0) is 28.8 Å². The van der Waals surface area contributed by atoms with Crippen molar-refractivity contribution in [2.45, 2.75) is 12.0 Å². The van der Waals surface area contributed by atoms with Gasteiger partial charge in [-0.25, -0.2) is 4.68 Å². The molecule has 4 aromatic rings. The molecule has 0 bridgehead atoms. The molecule has 0 radical (unpaired) electrons. The van der Waals surface area contributed by atoms with Crippen molar-refractivity contribution in [3.05, 3.63) is 132 Å². The van der Waals surface area contributed by atoms with Crippen LogP contribution in [0.25, 0.3) is 0 Å². The van der Waals surface area contributed by atoms with Gasteiger partial charge in [-0.1, -0.05) is 91.0 Å². The number of hydrogen-bond donors (Lipinski definition) is 1. The molecule has 0 saturated heterocycles. The first-order valence-electron chi connectivity index (χ1n) is 9.92. The topological polar surface area (TPSA) is 37.5 Å². The Hall–Kier alpha value is -1.68. The van der Waals surface area contributed by atoms with Crippen LogP contribution in [0.4, 0.5) is 0 Å². The summed E-state index contributed by atoms with van der Waals surface area (Å²) in [6.07, 6.45) is 4.14. The zero-order valence-corrected chi connectivity index (χ0v) is 21.9. The van der Waals surface area contributed by atoms with Crippen LogP contribution in [0, 0.1) is 0 Å². The van der Waals surface area contributed by atoms with Crippen LogP contribution in [0.3, 0.4) is 0 Å². The van der Waals surface area contributed by atoms with Crippen molar-refractivity contribution in [2.75, 3.05) is 0 Å². The monoisotopic (exact) mass is 561 g/mol. The average molecular weight is 564 g/mol. The van der Waals surface area contributed by atoms with E-state index in [0.29, 0.717) is 6.42 Å². The maximum atomic E-state index is 11.9. The van der Waals surface area contributed by atoms with E-state index in [1.807, 2.05) is 116 Å². The summed E-state index contributed by atoms with van der Waals surface area (Å²) in [6, 6.07) is 33.5. The molecular formula is C25H22Cl3N2OZr. The van der Waals surface area contributed by atoms with Gasteiger partial charge < -0.3 is 5.11 Å². The van der Waals surface area contributed by atoms with Gasteiger partial charge in [0.05, 0.1) is 5.71 Å². The first kappa shape index (κ1) is 25.0. The van der Waals surface area contributed by atoms with Crippen molar-refractivity contribution in [1.29, 1.82) is 0 Å². The number of aromatic nitrogens is 1. The summed E-state index contributed by atoms with van der Waals surface area (Å²) in [7, 11) is 15.0. The van der Waals surface area contributed by atoms with Gasteiger partial charge in [0.2, 0.25) is 0 Å². The molecule has 0 aliphatic carbocycles. The number of aliphatic hydroxyl groups is 1. The van der Waals surface area contributed by atoms with Crippen molar-refractivity contribution in [2.24, 2.45) is 5.10 Å². The molecule has 0 spiro atoms. The van der Waals surface area contributed by atoms with Crippen molar-refractivity contribution in [3.63, 3.8) is 0 Å². The number of nitrogens with zero attached hydrogens (tertiary/aromatic N) is 2. The van der Waals surface area contributed by atoms with Gasteiger partial charge in [-0.2, -0.15) is 5.10 Å². The molecule has 0 atom stereocenters. The second-order valence-electron chi connectivity index (χ2n) is 6.96. The van der Waals surface area contributed by atoms with E-state index in [1.54, 1.807) is 4.68 Å². The fourth-order valence-electron chi connectivity index (χ4n) is 3.40. The Morgan fingerprint density at radius 2 is 1.12 bits per heavy atom. The van der Waals surface area contributed by atoms with Gasteiger partial charge in [0.1, 0.15) is 5.60 Å². The summed E-state index contributed by atoms with van der Waals surface area (Å²) in [4.78, 5) is 0. The van der Waals surface area contributed by atoms with Crippen molar-refractivity contribution >= 4 is 31.3 Å². The van der Waals surface area contributed by atoms with Gasteiger partial charge >= 0.3 is 43.7 Å². The Balaban J connectivity index is 0.000000668. The Morgan fingerprint density at radius 3 is 1.56 bits per heavy atom. The molecule has 3 aromatic carbocycles. The van der Waals surface area contributed by atoms with Crippen LogP contribution >= 0.6 is 25.5 Å². The number of benzene rings is 3. The SMILES string of the molecule is OC(CC(=Nn1cccc1)c1ccccc1)(c1ccccc1)c1ccccc1.[Cl][Zr]([Cl])[Cl]. The standard InChI is InChI=1S/C25H22N2O.3ClH.Zr/c28-25(22-14-6-2-7-15-22,23-16-8-3-9-17-23)20-24(21-12-4-1-5-13-21)26-27-18-10-11-19-27;;;;/h1-19,28H,20H2;3*1H;/q;;;;+3/p-3. The second kappa shape index (κ2) is 12.5. The van der Waals surface area contributed by atoms with Crippen molar-refractivity contribution < 1.29 is 23.3 Å². The minimum absolute atomic E-state index is 0.350. The molecule has 4 rings (SSSR count). The van der Waals surface area contributed by atoms with Gasteiger partial charge in [-0.15, -0.1) is 0 Å². The van der Waals surface area contributed by atoms with Gasteiger partial charge in [0.15, 0.2) is 0 Å². The third-order valence-corrected chi connectivity index (χ3v) is 4.86. The average Bonchev–Trinajstić information content (AvgIpc) is 3.33. The quantitative estimate of drug-likeness (QED) is 0.249. The Labute approximate surface area is 207 Å². The molecule has 0 saturated carbocycles. The molecule has 0 fully saturated rings. The van der Waals surface area contributed by atoms with Crippen LogP contribution in [0.1, 0.15) is 23.1 Å². The Morgan fingerprint density at radius 1 is 0.719 bits per heavy atom. The van der Waals surface area contributed by atoms with E-state index in [9.17, 15) is 5.11 Å². The zero-order chi connectivity index (χ0) is 22.8. The van der Waals surface area contributed by atoms with Gasteiger partial charge in [-0.3, -0.25) is 0 Å². The predicted molar refractivity (Wildman–Crippen MR) is 131 cm³/mol. The molecule has 0 amide bonds. The summed E-state index contributed by atoms with van der Waals surface area (Å²) >= 11 is -2.13. The van der Waals surface area contributed by atoms with Crippen molar-refractivity contribution in [3.8, 4) is 0 Å². The second-order valence-corrected chi connectivity index (χ2v) is 18.2. The van der Waals surface area contributed by atoms with E-state index < -0.39 is 23.8 Å². The summed E-state index contributed by atoms with van der Waals surface area (Å²) in [5.41, 5.74) is 2.30. The molecule has 0 aliphatic rings. The molecule has 0 unspecified atom stereocenters. The summed E-state index contributed by atoms with van der Waals surface area (Å²) in [5, 5.41) is 16.7. The van der Waals surface area contributed by atoms with E-state index in [2.05, 4.69) is 0 Å². The van der Waals surface area contributed by atoms with Crippen LogP contribution < -0.4 is 0 Å². The first-order valence-corrected chi connectivity index (χ1v) is 19.4. The number of rotatable bonds is 6. The van der Waals surface area contributed by atoms with Gasteiger partial charge in [0, 0.05) is 18.8 Å². The fourth-order valence-corrected chi connectivity index (χ4v) is 3.40. The molecule has 1 heterocycles. The van der Waals surface area contributed by atoms with Gasteiger partial charge in [0.25, 0.3) is 0 Å². The van der Waals surface area contributed by atoms with E-state index in [-0.39, 0.29) is 0 Å². The third-order valence-electron chi connectivity index (χ3n) is 4.86. The number of hydrogen-bond acceptors (Lipinski definition) is 2. The fraction of sp³-hybridized carbons (Fsp3) is 0.0800. The van der Waals surface area contributed by atoms with E-state index in [0.717, 1.165) is 22.4 Å². The summed E-state index contributed by atoms with van der Waals surface area (Å²) < 4.78 is 1.78. The maximum absolute atomic E-state index is 11.9. The molecule has 1 N–H and O–H groups in total. The van der Waals surface area contributed by atoms with Crippen LogP contribution in [0.5, 0.6) is 0 Å². The molecule has 1 aromatic heterocycles. The molecule has 0 aliphatic heterocycles. The normalized spacial score (nSPS) is 11.4.